The summed E-state index contributed by atoms with van der Waals surface area (Å²) in [6, 6.07) is 4.52. The van der Waals surface area contributed by atoms with Gasteiger partial charge in [-0.25, -0.2) is 4.39 Å². The van der Waals surface area contributed by atoms with E-state index >= 15 is 0 Å². The Hall–Kier alpha value is -0.600. The van der Waals surface area contributed by atoms with Crippen LogP contribution >= 0.6 is 11.6 Å². The Bertz CT molecular complexity index is 448. The van der Waals surface area contributed by atoms with E-state index in [1.807, 2.05) is 0 Å². The van der Waals surface area contributed by atoms with Crippen molar-refractivity contribution in [2.75, 3.05) is 0 Å². The Kier molecular flexibility index (Phi) is 3.33. The summed E-state index contributed by atoms with van der Waals surface area (Å²) in [7, 11) is 0. The van der Waals surface area contributed by atoms with E-state index in [1.165, 1.54) is 31.7 Å². The third kappa shape index (κ3) is 2.28. The third-order valence-electron chi connectivity index (χ3n) is 4.74. The van der Waals surface area contributed by atoms with Gasteiger partial charge in [-0.2, -0.15) is 0 Å². The number of rotatable bonds is 3. The molecule has 0 aliphatic heterocycles. The van der Waals surface area contributed by atoms with Crippen LogP contribution in [0.5, 0.6) is 0 Å². The van der Waals surface area contributed by atoms with Crippen LogP contribution in [0.1, 0.15) is 43.8 Å². The lowest BCUT2D eigenvalue weighted by molar-refractivity contribution is 0.125. The fourth-order valence-corrected chi connectivity index (χ4v) is 4.00. The summed E-state index contributed by atoms with van der Waals surface area (Å²) in [4.78, 5) is 0. The zero-order valence-electron chi connectivity index (χ0n) is 10.3. The van der Waals surface area contributed by atoms with Gasteiger partial charge in [0.2, 0.25) is 0 Å². The highest BCUT2D eigenvalue weighted by Gasteiger charge is 2.40. The van der Waals surface area contributed by atoms with E-state index in [4.69, 9.17) is 11.6 Å². The smallest absolute Gasteiger partial charge is 0.141 e. The highest BCUT2D eigenvalue weighted by Crippen LogP contribution is 2.50. The molecular formula is C15H18ClFO. The van der Waals surface area contributed by atoms with Gasteiger partial charge in [0.15, 0.2) is 0 Å². The minimum absolute atomic E-state index is 0.0968. The molecule has 0 radical (unpaired) electrons. The number of benzene rings is 1. The van der Waals surface area contributed by atoms with Gasteiger partial charge >= 0.3 is 0 Å². The Morgan fingerprint density at radius 3 is 2.78 bits per heavy atom. The molecule has 1 aromatic rings. The summed E-state index contributed by atoms with van der Waals surface area (Å²) in [5.74, 6) is 1.92. The molecule has 0 amide bonds. The molecular weight excluding hydrogens is 251 g/mol. The quantitative estimate of drug-likeness (QED) is 0.865. The Morgan fingerprint density at radius 2 is 2.17 bits per heavy atom. The molecule has 1 aromatic carbocycles. The lowest BCUT2D eigenvalue weighted by Gasteiger charge is -2.24. The van der Waals surface area contributed by atoms with Crippen LogP contribution in [-0.2, 0) is 0 Å². The summed E-state index contributed by atoms with van der Waals surface area (Å²) in [5.41, 5.74) is 0.740. The number of halogens is 2. The molecule has 1 nitrogen and oxygen atoms in total. The monoisotopic (exact) mass is 268 g/mol. The molecule has 0 heterocycles. The second-order valence-electron chi connectivity index (χ2n) is 5.86. The first-order chi connectivity index (χ1) is 8.63. The number of aliphatic hydroxyl groups is 1. The zero-order valence-corrected chi connectivity index (χ0v) is 11.0. The molecule has 2 saturated carbocycles. The van der Waals surface area contributed by atoms with Crippen LogP contribution in [0.15, 0.2) is 18.2 Å². The van der Waals surface area contributed by atoms with Gasteiger partial charge in [0.05, 0.1) is 11.1 Å². The van der Waals surface area contributed by atoms with E-state index in [1.54, 1.807) is 12.1 Å². The van der Waals surface area contributed by atoms with Crippen LogP contribution in [0.25, 0.3) is 0 Å². The minimum atomic E-state index is -0.507. The normalized spacial score (nSPS) is 31.8. The van der Waals surface area contributed by atoms with Crippen molar-refractivity contribution in [1.82, 2.24) is 0 Å². The lowest BCUT2D eigenvalue weighted by atomic mass is 9.83. The molecule has 3 rings (SSSR count). The maximum atomic E-state index is 13.1. The van der Waals surface area contributed by atoms with Crippen molar-refractivity contribution in [3.8, 4) is 0 Å². The van der Waals surface area contributed by atoms with Gasteiger partial charge in [-0.05, 0) is 61.1 Å². The van der Waals surface area contributed by atoms with Gasteiger partial charge in [0, 0.05) is 0 Å². The number of aliphatic hydroxyl groups excluding tert-OH is 1. The van der Waals surface area contributed by atoms with Gasteiger partial charge in [-0.15, -0.1) is 0 Å². The molecule has 4 unspecified atom stereocenters. The Morgan fingerprint density at radius 1 is 1.33 bits per heavy atom. The Labute approximate surface area is 112 Å². The summed E-state index contributed by atoms with van der Waals surface area (Å²) >= 11 is 5.75. The molecule has 18 heavy (non-hydrogen) atoms. The van der Waals surface area contributed by atoms with Crippen molar-refractivity contribution < 1.29 is 9.50 Å². The fraction of sp³-hybridized carbons (Fsp3) is 0.600. The van der Waals surface area contributed by atoms with E-state index in [-0.39, 0.29) is 5.02 Å². The molecule has 4 atom stereocenters. The maximum absolute atomic E-state index is 13.1. The van der Waals surface area contributed by atoms with Crippen molar-refractivity contribution in [1.29, 1.82) is 0 Å². The van der Waals surface area contributed by atoms with Gasteiger partial charge in [0.1, 0.15) is 5.82 Å². The predicted octanol–water partition coefficient (Wildman–Crippen LogP) is 4.34. The molecule has 1 N–H and O–H groups in total. The summed E-state index contributed by atoms with van der Waals surface area (Å²) < 4.78 is 13.1. The molecule has 3 heteroatoms. The molecule has 98 valence electrons. The van der Waals surface area contributed by atoms with Crippen molar-refractivity contribution in [2.24, 2.45) is 17.8 Å². The van der Waals surface area contributed by atoms with Crippen LogP contribution in [0.3, 0.4) is 0 Å². The largest absolute Gasteiger partial charge is 0.388 e. The van der Waals surface area contributed by atoms with Gasteiger partial charge in [-0.1, -0.05) is 24.1 Å². The first-order valence-electron chi connectivity index (χ1n) is 6.76. The highest BCUT2D eigenvalue weighted by molar-refractivity contribution is 6.30. The topological polar surface area (TPSA) is 20.2 Å². The molecule has 2 aliphatic carbocycles. The van der Waals surface area contributed by atoms with Gasteiger partial charge in [-0.3, -0.25) is 0 Å². The first kappa shape index (κ1) is 12.4. The maximum Gasteiger partial charge on any atom is 0.141 e. The summed E-state index contributed by atoms with van der Waals surface area (Å²) in [6.45, 7) is 0. The second-order valence-corrected chi connectivity index (χ2v) is 6.27. The Balaban J connectivity index is 1.67. The average Bonchev–Trinajstić information content (AvgIpc) is 2.94. The van der Waals surface area contributed by atoms with Crippen LogP contribution < -0.4 is 0 Å². The van der Waals surface area contributed by atoms with Crippen LogP contribution in [0.4, 0.5) is 4.39 Å². The van der Waals surface area contributed by atoms with Crippen molar-refractivity contribution in [3.63, 3.8) is 0 Å². The minimum Gasteiger partial charge on any atom is -0.388 e. The second kappa shape index (κ2) is 4.82. The van der Waals surface area contributed by atoms with Crippen LogP contribution in [-0.4, -0.2) is 5.11 Å². The highest BCUT2D eigenvalue weighted by atomic mass is 35.5. The SMILES string of the molecule is OC(CC1CC2CCC1C2)c1ccc(F)c(Cl)c1. The molecule has 0 aromatic heterocycles. The van der Waals surface area contributed by atoms with Gasteiger partial charge in [0.25, 0.3) is 0 Å². The van der Waals surface area contributed by atoms with Crippen molar-refractivity contribution in [3.05, 3.63) is 34.6 Å². The van der Waals surface area contributed by atoms with Crippen LogP contribution in [0, 0.1) is 23.6 Å². The first-order valence-corrected chi connectivity index (χ1v) is 7.14. The molecule has 0 saturated heterocycles. The standard InChI is InChI=1S/C15H18ClFO/c16-13-7-11(3-4-14(13)17)15(18)8-12-6-9-1-2-10(12)5-9/h3-4,7,9-10,12,15,18H,1-2,5-6,8H2. The third-order valence-corrected chi connectivity index (χ3v) is 5.03. The average molecular weight is 269 g/mol. The van der Waals surface area contributed by atoms with E-state index < -0.39 is 11.9 Å². The molecule has 2 aliphatic rings. The van der Waals surface area contributed by atoms with Crippen LogP contribution in [0.2, 0.25) is 5.02 Å². The van der Waals surface area contributed by atoms with Crippen molar-refractivity contribution >= 4 is 11.6 Å². The fourth-order valence-electron chi connectivity index (χ4n) is 3.81. The number of fused-ring (bicyclic) bond motifs is 2. The zero-order chi connectivity index (χ0) is 12.7. The van der Waals surface area contributed by atoms with Crippen molar-refractivity contribution in [2.45, 2.75) is 38.2 Å². The summed E-state index contributed by atoms with van der Waals surface area (Å²) in [5, 5.41) is 10.3. The van der Waals surface area contributed by atoms with Gasteiger partial charge < -0.3 is 5.11 Å². The molecule has 2 bridgehead atoms. The van der Waals surface area contributed by atoms with E-state index in [0.717, 1.165) is 23.8 Å². The lowest BCUT2D eigenvalue weighted by Crippen LogP contribution is -2.14. The molecule has 0 spiro atoms. The van der Waals surface area contributed by atoms with E-state index in [9.17, 15) is 9.50 Å². The molecule has 2 fully saturated rings. The number of hydrogen-bond acceptors (Lipinski definition) is 1. The summed E-state index contributed by atoms with van der Waals surface area (Å²) in [6.07, 6.45) is 5.60. The predicted molar refractivity (Wildman–Crippen MR) is 69.9 cm³/mol. The number of hydrogen-bond donors (Lipinski definition) is 1. The van der Waals surface area contributed by atoms with E-state index in [0.29, 0.717) is 5.92 Å². The van der Waals surface area contributed by atoms with E-state index in [2.05, 4.69) is 0 Å².